The summed E-state index contributed by atoms with van der Waals surface area (Å²) in [6.45, 7) is 5.85. The standard InChI is InChI=1S/C22H20Cl2N4O2/c1-13-8-9-17(11-19(13)24)28-14(2)10-16(15(28)3)12-25-27-22(30)21(29)26-20-7-5-4-6-18(20)23/h4-12H,1-3H3,(H,26,29)(H,27,30)/b25-12-. The fraction of sp³-hybridized carbons (Fsp3) is 0.136. The molecule has 30 heavy (non-hydrogen) atoms. The first kappa shape index (κ1) is 21.6. The minimum absolute atomic E-state index is 0.339. The highest BCUT2D eigenvalue weighted by Crippen LogP contribution is 2.24. The lowest BCUT2D eigenvalue weighted by atomic mass is 10.2. The average molecular weight is 443 g/mol. The molecule has 2 aromatic carbocycles. The monoisotopic (exact) mass is 442 g/mol. The number of anilines is 1. The summed E-state index contributed by atoms with van der Waals surface area (Å²) in [7, 11) is 0. The van der Waals surface area contributed by atoms with E-state index >= 15 is 0 Å². The van der Waals surface area contributed by atoms with Crippen molar-refractivity contribution in [3.05, 3.63) is 81.1 Å². The smallest absolute Gasteiger partial charge is 0.318 e. The van der Waals surface area contributed by atoms with Crippen molar-refractivity contribution in [1.82, 2.24) is 9.99 Å². The third-order valence-electron chi connectivity index (χ3n) is 4.58. The molecule has 2 amide bonds. The third kappa shape index (κ3) is 4.72. The van der Waals surface area contributed by atoms with E-state index in [1.165, 1.54) is 6.21 Å². The first-order chi connectivity index (χ1) is 14.3. The SMILES string of the molecule is Cc1ccc(-n2c(C)cc(/C=N\NC(=O)C(=O)Nc3ccccc3Cl)c2C)cc1Cl. The van der Waals surface area contributed by atoms with Crippen LogP contribution in [0.15, 0.2) is 53.6 Å². The van der Waals surface area contributed by atoms with E-state index in [0.29, 0.717) is 15.7 Å². The molecule has 154 valence electrons. The van der Waals surface area contributed by atoms with Crippen molar-refractivity contribution in [2.24, 2.45) is 5.10 Å². The number of halogens is 2. The van der Waals surface area contributed by atoms with E-state index in [4.69, 9.17) is 23.2 Å². The second kappa shape index (κ2) is 9.15. The minimum Gasteiger partial charge on any atom is -0.318 e. The van der Waals surface area contributed by atoms with Crippen LogP contribution in [-0.4, -0.2) is 22.6 Å². The van der Waals surface area contributed by atoms with Gasteiger partial charge in [-0.1, -0.05) is 41.4 Å². The topological polar surface area (TPSA) is 75.5 Å². The maximum atomic E-state index is 12.0. The van der Waals surface area contributed by atoms with Crippen LogP contribution in [0.1, 0.15) is 22.5 Å². The molecular formula is C22H20Cl2N4O2. The number of para-hydroxylation sites is 1. The van der Waals surface area contributed by atoms with Gasteiger partial charge in [0, 0.05) is 27.7 Å². The van der Waals surface area contributed by atoms with Gasteiger partial charge in [-0.15, -0.1) is 0 Å². The molecule has 2 N–H and O–H groups in total. The molecule has 0 saturated heterocycles. The Morgan fingerprint density at radius 1 is 0.967 bits per heavy atom. The van der Waals surface area contributed by atoms with Gasteiger partial charge in [-0.2, -0.15) is 5.10 Å². The van der Waals surface area contributed by atoms with Gasteiger partial charge < -0.3 is 9.88 Å². The van der Waals surface area contributed by atoms with E-state index in [9.17, 15) is 9.59 Å². The number of carbonyl (C=O) groups excluding carboxylic acids is 2. The predicted molar refractivity (Wildman–Crippen MR) is 121 cm³/mol. The van der Waals surface area contributed by atoms with Crippen molar-refractivity contribution in [2.45, 2.75) is 20.8 Å². The lowest BCUT2D eigenvalue weighted by Gasteiger charge is -2.11. The molecule has 1 aromatic heterocycles. The molecule has 8 heteroatoms. The van der Waals surface area contributed by atoms with Gasteiger partial charge in [-0.05, 0) is 56.7 Å². The summed E-state index contributed by atoms with van der Waals surface area (Å²) in [6.07, 6.45) is 1.50. The summed E-state index contributed by atoms with van der Waals surface area (Å²) in [5.41, 5.74) is 7.22. The maximum absolute atomic E-state index is 12.0. The summed E-state index contributed by atoms with van der Waals surface area (Å²) in [4.78, 5) is 24.0. The summed E-state index contributed by atoms with van der Waals surface area (Å²) >= 11 is 12.2. The number of hydrazone groups is 1. The van der Waals surface area contributed by atoms with Crippen molar-refractivity contribution in [1.29, 1.82) is 0 Å². The average Bonchev–Trinajstić information content (AvgIpc) is 2.99. The molecule has 0 atom stereocenters. The van der Waals surface area contributed by atoms with Gasteiger partial charge in [0.1, 0.15) is 0 Å². The highest BCUT2D eigenvalue weighted by atomic mass is 35.5. The Labute approximate surface area is 184 Å². The van der Waals surface area contributed by atoms with Crippen LogP contribution in [0.4, 0.5) is 5.69 Å². The first-order valence-electron chi connectivity index (χ1n) is 9.12. The number of hydrogen-bond donors (Lipinski definition) is 2. The summed E-state index contributed by atoms with van der Waals surface area (Å²) < 4.78 is 2.04. The molecule has 3 aromatic rings. The number of nitrogens with zero attached hydrogens (tertiary/aromatic N) is 2. The van der Waals surface area contributed by atoms with Crippen LogP contribution in [0.2, 0.25) is 10.0 Å². The Balaban J connectivity index is 1.70. The summed E-state index contributed by atoms with van der Waals surface area (Å²) in [6, 6.07) is 14.4. The molecule has 1 heterocycles. The highest BCUT2D eigenvalue weighted by Gasteiger charge is 2.15. The normalized spacial score (nSPS) is 11.0. The lowest BCUT2D eigenvalue weighted by Crippen LogP contribution is -2.32. The van der Waals surface area contributed by atoms with Crippen molar-refractivity contribution in [3.63, 3.8) is 0 Å². The Morgan fingerprint density at radius 3 is 2.40 bits per heavy atom. The van der Waals surface area contributed by atoms with Gasteiger partial charge in [-0.25, -0.2) is 5.43 Å². The van der Waals surface area contributed by atoms with Gasteiger partial charge in [0.2, 0.25) is 0 Å². The largest absolute Gasteiger partial charge is 0.329 e. The predicted octanol–water partition coefficient (Wildman–Crippen LogP) is 4.80. The van der Waals surface area contributed by atoms with Crippen LogP contribution in [0.5, 0.6) is 0 Å². The Bertz CT molecular complexity index is 1150. The van der Waals surface area contributed by atoms with Crippen LogP contribution in [0, 0.1) is 20.8 Å². The number of carbonyl (C=O) groups is 2. The van der Waals surface area contributed by atoms with E-state index in [1.807, 2.05) is 49.6 Å². The molecule has 0 fully saturated rings. The molecular weight excluding hydrogens is 423 g/mol. The molecule has 0 aliphatic heterocycles. The zero-order valence-electron chi connectivity index (χ0n) is 16.7. The zero-order valence-corrected chi connectivity index (χ0v) is 18.2. The van der Waals surface area contributed by atoms with Gasteiger partial charge in [0.25, 0.3) is 0 Å². The molecule has 0 saturated carbocycles. The molecule has 3 rings (SSSR count). The maximum Gasteiger partial charge on any atom is 0.329 e. The van der Waals surface area contributed by atoms with Crippen molar-refractivity contribution >= 4 is 46.9 Å². The van der Waals surface area contributed by atoms with Crippen molar-refractivity contribution < 1.29 is 9.59 Å². The van der Waals surface area contributed by atoms with E-state index in [-0.39, 0.29) is 0 Å². The van der Waals surface area contributed by atoms with E-state index in [0.717, 1.165) is 28.2 Å². The number of rotatable bonds is 4. The van der Waals surface area contributed by atoms with Crippen LogP contribution in [0.25, 0.3) is 5.69 Å². The second-order valence-corrected chi connectivity index (χ2v) is 7.54. The van der Waals surface area contributed by atoms with Crippen molar-refractivity contribution in [2.75, 3.05) is 5.32 Å². The van der Waals surface area contributed by atoms with Crippen LogP contribution >= 0.6 is 23.2 Å². The van der Waals surface area contributed by atoms with Crippen LogP contribution < -0.4 is 10.7 Å². The Kier molecular flexibility index (Phi) is 6.59. The van der Waals surface area contributed by atoms with E-state index < -0.39 is 11.8 Å². The molecule has 0 unspecified atom stereocenters. The summed E-state index contributed by atoms with van der Waals surface area (Å²) in [5.74, 6) is -1.76. The van der Waals surface area contributed by atoms with E-state index in [1.54, 1.807) is 24.3 Å². The molecule has 0 radical (unpaired) electrons. The zero-order chi connectivity index (χ0) is 21.8. The Hall–Kier alpha value is -3.09. The lowest BCUT2D eigenvalue weighted by molar-refractivity contribution is -0.136. The first-order valence-corrected chi connectivity index (χ1v) is 9.88. The van der Waals surface area contributed by atoms with Gasteiger partial charge in [0.15, 0.2) is 0 Å². The van der Waals surface area contributed by atoms with Crippen LogP contribution in [-0.2, 0) is 9.59 Å². The van der Waals surface area contributed by atoms with Crippen molar-refractivity contribution in [3.8, 4) is 5.69 Å². The molecule has 0 aliphatic carbocycles. The highest BCUT2D eigenvalue weighted by molar-refractivity contribution is 6.41. The van der Waals surface area contributed by atoms with Gasteiger partial charge in [-0.3, -0.25) is 9.59 Å². The molecule has 0 spiro atoms. The third-order valence-corrected chi connectivity index (χ3v) is 5.32. The second-order valence-electron chi connectivity index (χ2n) is 6.73. The summed E-state index contributed by atoms with van der Waals surface area (Å²) in [5, 5.41) is 7.38. The van der Waals surface area contributed by atoms with Gasteiger partial charge in [0.05, 0.1) is 16.9 Å². The fourth-order valence-electron chi connectivity index (χ4n) is 2.99. The van der Waals surface area contributed by atoms with E-state index in [2.05, 4.69) is 15.8 Å². The minimum atomic E-state index is -0.898. The number of amides is 2. The molecule has 0 bridgehead atoms. The fourth-order valence-corrected chi connectivity index (χ4v) is 3.35. The molecule has 0 aliphatic rings. The number of hydrogen-bond acceptors (Lipinski definition) is 3. The number of benzene rings is 2. The molecule has 6 nitrogen and oxygen atoms in total. The quantitative estimate of drug-likeness (QED) is 0.345. The Morgan fingerprint density at radius 2 is 1.70 bits per heavy atom. The van der Waals surface area contributed by atoms with Crippen LogP contribution in [0.3, 0.4) is 0 Å². The number of nitrogens with one attached hydrogen (secondary N) is 2. The number of aromatic nitrogens is 1. The van der Waals surface area contributed by atoms with Gasteiger partial charge >= 0.3 is 11.8 Å². The number of aryl methyl sites for hydroxylation is 2.